The molecule has 0 saturated heterocycles. The molecule has 0 aliphatic carbocycles. The summed E-state index contributed by atoms with van der Waals surface area (Å²) in [4.78, 5) is 12.5. The molecule has 2 nitrogen and oxygen atoms in total. The molecule has 0 spiro atoms. The number of benzene rings is 2. The first kappa shape index (κ1) is 26.6. The topological polar surface area (TPSA) is 26.3 Å². The molecule has 0 heterocycles. The van der Waals surface area contributed by atoms with Crippen molar-refractivity contribution in [2.24, 2.45) is 5.92 Å². The summed E-state index contributed by atoms with van der Waals surface area (Å²) in [6.45, 7) is 4.55. The summed E-state index contributed by atoms with van der Waals surface area (Å²) in [6.07, 6.45) is -9.33. The van der Waals surface area contributed by atoms with E-state index in [0.29, 0.717) is 41.8 Å². The molecule has 0 saturated carbocycles. The summed E-state index contributed by atoms with van der Waals surface area (Å²) in [5.74, 6) is 0.961. The third-order valence-corrected chi connectivity index (χ3v) is 5.08. The van der Waals surface area contributed by atoms with Gasteiger partial charge in [0.1, 0.15) is 5.75 Å². The fraction of sp³-hybridized carbons (Fsp3) is 0.350. The average Bonchev–Trinajstić information content (AvgIpc) is 2.60. The maximum Gasteiger partial charge on any atom is 0.417 e. The quantitative estimate of drug-likeness (QED) is 0.302. The first-order chi connectivity index (χ1) is 13.4. The van der Waals surface area contributed by atoms with Gasteiger partial charge in [-0.15, -0.1) is 0 Å². The molecule has 159 valence electrons. The first-order valence-electron chi connectivity index (χ1n) is 8.71. The van der Waals surface area contributed by atoms with E-state index in [9.17, 15) is 31.1 Å². The van der Waals surface area contributed by atoms with E-state index >= 15 is 0 Å². The third-order valence-electron chi connectivity index (χ3n) is 3.98. The van der Waals surface area contributed by atoms with Gasteiger partial charge in [0.05, 0.1) is 17.7 Å². The van der Waals surface area contributed by atoms with Crippen LogP contribution in [0.15, 0.2) is 42.5 Å². The summed E-state index contributed by atoms with van der Waals surface area (Å²) in [5.41, 5.74) is -5.74. The Morgan fingerprint density at radius 1 is 0.933 bits per heavy atom. The van der Waals surface area contributed by atoms with Gasteiger partial charge in [-0.05, 0) is 50.5 Å². The van der Waals surface area contributed by atoms with E-state index in [-0.39, 0.29) is 18.9 Å². The number of alkyl halides is 6. The van der Waals surface area contributed by atoms with Crippen molar-refractivity contribution in [2.75, 3.05) is 6.61 Å². The summed E-state index contributed by atoms with van der Waals surface area (Å²) >= 11 is 0. The molecule has 0 amide bonds. The summed E-state index contributed by atoms with van der Waals surface area (Å²) in [6, 6.07) is 7.62. The molecule has 1 radical (unpaired) electrons. The van der Waals surface area contributed by atoms with E-state index in [1.165, 1.54) is 24.3 Å². The SMILES string of the molecule is CC(C)CCOc1ccc(PC(=O)c2c(C(F)(F)F)cccc2C(F)(F)F)cc1.[Li]. The molecule has 0 fully saturated rings. The van der Waals surface area contributed by atoms with E-state index in [2.05, 4.69) is 0 Å². The molecule has 2 rings (SSSR count). The van der Waals surface area contributed by atoms with Gasteiger partial charge < -0.3 is 4.74 Å². The van der Waals surface area contributed by atoms with Gasteiger partial charge in [-0.1, -0.05) is 32.0 Å². The van der Waals surface area contributed by atoms with Crippen LogP contribution >= 0.6 is 8.58 Å². The van der Waals surface area contributed by atoms with Crippen molar-refractivity contribution in [3.63, 3.8) is 0 Å². The molecular formula is C20H19F6LiO2P. The van der Waals surface area contributed by atoms with E-state index in [1.54, 1.807) is 0 Å². The molecule has 2 aromatic carbocycles. The summed E-state index contributed by atoms with van der Waals surface area (Å²) in [7, 11) is -0.893. The second-order valence-electron chi connectivity index (χ2n) is 6.73. The second-order valence-corrected chi connectivity index (χ2v) is 8.01. The molecule has 0 N–H and O–H groups in total. The predicted molar refractivity (Wildman–Crippen MR) is 106 cm³/mol. The van der Waals surface area contributed by atoms with Crippen molar-refractivity contribution in [2.45, 2.75) is 32.6 Å². The average molecular weight is 443 g/mol. The zero-order valence-corrected chi connectivity index (χ0v) is 17.6. The minimum absolute atomic E-state index is 0. The molecule has 0 aliphatic heterocycles. The van der Waals surface area contributed by atoms with Crippen LogP contribution in [0.3, 0.4) is 0 Å². The van der Waals surface area contributed by atoms with Gasteiger partial charge in [0.15, 0.2) is 5.52 Å². The van der Waals surface area contributed by atoms with Gasteiger partial charge in [0, 0.05) is 24.4 Å². The Hall–Kier alpha value is -1.48. The van der Waals surface area contributed by atoms with E-state index in [0.717, 1.165) is 6.42 Å². The Bertz CT molecular complexity index is 816. The van der Waals surface area contributed by atoms with Crippen LogP contribution in [-0.2, 0) is 12.4 Å². The van der Waals surface area contributed by atoms with Gasteiger partial charge in [0.25, 0.3) is 0 Å². The zero-order chi connectivity index (χ0) is 21.8. The standard InChI is InChI=1S/C20H19F6O2P.Li/c1-12(2)10-11-28-13-6-8-14(9-7-13)29-18(27)17-15(19(21,22)23)4-3-5-16(17)20(24,25)26;/h3-9,12,29H,10-11H2,1-2H3;. The molecule has 0 bridgehead atoms. The van der Waals surface area contributed by atoms with Gasteiger partial charge in [-0.3, -0.25) is 4.79 Å². The van der Waals surface area contributed by atoms with E-state index in [1.807, 2.05) is 13.8 Å². The fourth-order valence-electron chi connectivity index (χ4n) is 2.51. The van der Waals surface area contributed by atoms with Gasteiger partial charge in [-0.2, -0.15) is 26.3 Å². The largest absolute Gasteiger partial charge is 0.494 e. The minimum Gasteiger partial charge on any atom is -0.494 e. The molecule has 10 heteroatoms. The molecular weight excluding hydrogens is 424 g/mol. The fourth-order valence-corrected chi connectivity index (χ4v) is 3.50. The Balaban J connectivity index is 0.00000450. The third kappa shape index (κ3) is 7.34. The molecule has 2 aromatic rings. The van der Waals surface area contributed by atoms with Crippen LogP contribution in [0.25, 0.3) is 0 Å². The Morgan fingerprint density at radius 2 is 1.43 bits per heavy atom. The zero-order valence-electron chi connectivity index (χ0n) is 16.6. The van der Waals surface area contributed by atoms with Crippen molar-refractivity contribution >= 4 is 38.3 Å². The number of ether oxygens (including phenoxy) is 1. The Morgan fingerprint density at radius 3 is 1.87 bits per heavy atom. The number of hydrogen-bond acceptors (Lipinski definition) is 2. The van der Waals surface area contributed by atoms with Crippen molar-refractivity contribution in [3.8, 4) is 5.75 Å². The first-order valence-corrected chi connectivity index (χ1v) is 9.71. The number of hydrogen-bond donors (Lipinski definition) is 0. The Kier molecular flexibility index (Phi) is 9.47. The van der Waals surface area contributed by atoms with E-state index < -0.39 is 43.1 Å². The van der Waals surface area contributed by atoms with Crippen LogP contribution in [0.4, 0.5) is 26.3 Å². The van der Waals surface area contributed by atoms with Crippen LogP contribution < -0.4 is 10.0 Å². The van der Waals surface area contributed by atoms with Crippen LogP contribution in [0, 0.1) is 5.92 Å². The van der Waals surface area contributed by atoms with Crippen molar-refractivity contribution in [3.05, 3.63) is 59.2 Å². The van der Waals surface area contributed by atoms with Crippen LogP contribution in [0.5, 0.6) is 5.75 Å². The van der Waals surface area contributed by atoms with Crippen LogP contribution in [0.1, 0.15) is 41.8 Å². The molecule has 30 heavy (non-hydrogen) atoms. The summed E-state index contributed by atoms with van der Waals surface area (Å²) < 4.78 is 84.8. The Labute approximate surface area is 184 Å². The number of halogens is 6. The van der Waals surface area contributed by atoms with E-state index in [4.69, 9.17) is 4.74 Å². The second kappa shape index (κ2) is 10.7. The molecule has 1 unspecified atom stereocenters. The van der Waals surface area contributed by atoms with Crippen molar-refractivity contribution in [1.29, 1.82) is 0 Å². The molecule has 0 aliphatic rings. The normalized spacial score (nSPS) is 12.3. The smallest absolute Gasteiger partial charge is 0.417 e. The number of carbonyl (C=O) groups excluding carboxylic acids is 1. The molecule has 1 atom stereocenters. The van der Waals surface area contributed by atoms with Gasteiger partial charge >= 0.3 is 12.4 Å². The number of rotatable bonds is 7. The van der Waals surface area contributed by atoms with Crippen LogP contribution in [-0.4, -0.2) is 31.0 Å². The molecule has 0 aromatic heterocycles. The van der Waals surface area contributed by atoms with Crippen LogP contribution in [0.2, 0.25) is 0 Å². The van der Waals surface area contributed by atoms with Gasteiger partial charge in [0.2, 0.25) is 0 Å². The predicted octanol–water partition coefficient (Wildman–Crippen LogP) is 5.91. The number of carbonyl (C=O) groups is 1. The minimum atomic E-state index is -5.08. The monoisotopic (exact) mass is 443 g/mol. The van der Waals surface area contributed by atoms with Crippen molar-refractivity contribution in [1.82, 2.24) is 0 Å². The van der Waals surface area contributed by atoms with Crippen molar-refractivity contribution < 1.29 is 35.9 Å². The van der Waals surface area contributed by atoms with Gasteiger partial charge in [-0.25, -0.2) is 0 Å². The maximum absolute atomic E-state index is 13.2. The maximum atomic E-state index is 13.2. The summed E-state index contributed by atoms with van der Waals surface area (Å²) in [5, 5.41) is 0.316.